The molecule has 220 valence electrons. The molecule has 0 spiro atoms. The third kappa shape index (κ3) is 7.69. The third-order valence-corrected chi connectivity index (χ3v) is 7.25. The highest BCUT2D eigenvalue weighted by atomic mass is 32.2. The number of hydrogen-bond donors (Lipinski definition) is 4. The zero-order valence-electron chi connectivity index (χ0n) is 22.8. The van der Waals surface area contributed by atoms with E-state index in [0.717, 1.165) is 0 Å². The monoisotopic (exact) mass is 594 g/mol. The van der Waals surface area contributed by atoms with Crippen LogP contribution in [0.4, 0.5) is 11.4 Å². The number of ether oxygens (including phenoxy) is 4. The van der Waals surface area contributed by atoms with E-state index < -0.39 is 28.6 Å². The van der Waals surface area contributed by atoms with Crippen LogP contribution >= 0.6 is 0 Å². The molecule has 0 saturated heterocycles. The van der Waals surface area contributed by atoms with Crippen molar-refractivity contribution >= 4 is 27.3 Å². The normalized spacial score (nSPS) is 11.7. The fraction of sp³-hybridized carbons (Fsp3) is 0.167. The zero-order chi connectivity index (χ0) is 30.1. The maximum atomic E-state index is 13.5. The lowest BCUT2D eigenvalue weighted by Gasteiger charge is -2.20. The summed E-state index contributed by atoms with van der Waals surface area (Å²) in [5.74, 6) is 0.485. The lowest BCUT2D eigenvalue weighted by molar-refractivity contribution is 0.0529. The van der Waals surface area contributed by atoms with E-state index in [2.05, 4.69) is 10.0 Å². The summed E-state index contributed by atoms with van der Waals surface area (Å²) in [6.07, 6.45) is -1.25. The average molecular weight is 595 g/mol. The van der Waals surface area contributed by atoms with Crippen molar-refractivity contribution in [2.24, 2.45) is 0 Å². The molecule has 11 nitrogen and oxygen atoms in total. The number of anilines is 2. The molecule has 42 heavy (non-hydrogen) atoms. The molecular formula is C30H30N2O9S. The van der Waals surface area contributed by atoms with Crippen LogP contribution in [-0.2, 0) is 10.0 Å². The second-order valence-electron chi connectivity index (χ2n) is 8.88. The second-order valence-corrected chi connectivity index (χ2v) is 10.6. The maximum Gasteiger partial charge on any atom is 0.262 e. The molecule has 0 aliphatic carbocycles. The Labute approximate surface area is 243 Å². The molecule has 4 N–H and O–H groups in total. The van der Waals surface area contributed by atoms with E-state index in [9.17, 15) is 23.4 Å². The van der Waals surface area contributed by atoms with Gasteiger partial charge in [0, 0.05) is 17.3 Å². The van der Waals surface area contributed by atoms with Gasteiger partial charge in [0.25, 0.3) is 15.9 Å². The first kappa shape index (κ1) is 30.2. The SMILES string of the molecule is COc1ccc(S(=O)(=O)Nc2cc(C(=O)Nc3ccccc3)cc(OCC(O)CO)c2Oc2cccc(OC)c2)cc1. The van der Waals surface area contributed by atoms with Crippen molar-refractivity contribution < 1.29 is 42.4 Å². The summed E-state index contributed by atoms with van der Waals surface area (Å²) in [5, 5.41) is 22.0. The molecule has 0 radical (unpaired) electrons. The van der Waals surface area contributed by atoms with Crippen LogP contribution in [0.15, 0.2) is 95.9 Å². The minimum Gasteiger partial charge on any atom is -0.497 e. The smallest absolute Gasteiger partial charge is 0.262 e. The number of methoxy groups -OCH3 is 2. The van der Waals surface area contributed by atoms with Gasteiger partial charge in [-0.1, -0.05) is 24.3 Å². The van der Waals surface area contributed by atoms with E-state index in [-0.39, 0.29) is 40.0 Å². The number of aliphatic hydroxyl groups is 2. The molecule has 4 aromatic rings. The molecule has 4 aromatic carbocycles. The number of sulfonamides is 1. The van der Waals surface area contributed by atoms with Gasteiger partial charge in [-0.05, 0) is 60.7 Å². The molecular weight excluding hydrogens is 564 g/mol. The Morgan fingerprint density at radius 2 is 1.55 bits per heavy atom. The van der Waals surface area contributed by atoms with Crippen molar-refractivity contribution in [1.82, 2.24) is 0 Å². The van der Waals surface area contributed by atoms with Gasteiger partial charge in [-0.3, -0.25) is 9.52 Å². The van der Waals surface area contributed by atoms with Gasteiger partial charge in [-0.25, -0.2) is 8.42 Å². The summed E-state index contributed by atoms with van der Waals surface area (Å²) in [6, 6.07) is 23.6. The van der Waals surface area contributed by atoms with Gasteiger partial charge in [0.2, 0.25) is 0 Å². The second kappa shape index (κ2) is 13.7. The van der Waals surface area contributed by atoms with Crippen LogP contribution in [0.2, 0.25) is 0 Å². The molecule has 0 aliphatic rings. The van der Waals surface area contributed by atoms with Crippen molar-refractivity contribution in [2.75, 3.05) is 37.5 Å². The number of carbonyl (C=O) groups excluding carboxylic acids is 1. The third-order valence-electron chi connectivity index (χ3n) is 5.87. The molecule has 0 aromatic heterocycles. The van der Waals surface area contributed by atoms with E-state index in [4.69, 9.17) is 18.9 Å². The minimum absolute atomic E-state index is 0.0257. The van der Waals surface area contributed by atoms with E-state index in [0.29, 0.717) is 17.2 Å². The number of amides is 1. The van der Waals surface area contributed by atoms with Gasteiger partial charge in [0.15, 0.2) is 11.5 Å². The summed E-state index contributed by atoms with van der Waals surface area (Å²) >= 11 is 0. The first-order valence-corrected chi connectivity index (χ1v) is 14.2. The van der Waals surface area contributed by atoms with E-state index >= 15 is 0 Å². The number of carbonyl (C=O) groups is 1. The first-order valence-electron chi connectivity index (χ1n) is 12.7. The maximum absolute atomic E-state index is 13.5. The fourth-order valence-corrected chi connectivity index (χ4v) is 4.78. The largest absolute Gasteiger partial charge is 0.497 e. The Balaban J connectivity index is 1.83. The number of para-hydroxylation sites is 1. The van der Waals surface area contributed by atoms with E-state index in [1.54, 1.807) is 54.6 Å². The van der Waals surface area contributed by atoms with Crippen molar-refractivity contribution in [2.45, 2.75) is 11.0 Å². The Morgan fingerprint density at radius 1 is 0.857 bits per heavy atom. The first-order chi connectivity index (χ1) is 20.2. The Bertz CT molecular complexity index is 1610. The van der Waals surface area contributed by atoms with Gasteiger partial charge in [0.1, 0.15) is 30.0 Å². The lowest BCUT2D eigenvalue weighted by atomic mass is 10.1. The predicted octanol–water partition coefficient (Wildman–Crippen LogP) is 4.28. The molecule has 1 amide bonds. The highest BCUT2D eigenvalue weighted by Crippen LogP contribution is 2.42. The molecule has 12 heteroatoms. The van der Waals surface area contributed by atoms with Crippen molar-refractivity contribution in [3.8, 4) is 28.7 Å². The van der Waals surface area contributed by atoms with Gasteiger partial charge in [0.05, 0.1) is 31.4 Å². The Hall–Kier alpha value is -4.78. The van der Waals surface area contributed by atoms with Crippen molar-refractivity contribution in [3.05, 3.63) is 96.6 Å². The Kier molecular flexibility index (Phi) is 9.86. The highest BCUT2D eigenvalue weighted by Gasteiger charge is 2.24. The average Bonchev–Trinajstić information content (AvgIpc) is 3.01. The summed E-state index contributed by atoms with van der Waals surface area (Å²) in [7, 11) is -1.26. The van der Waals surface area contributed by atoms with Gasteiger partial charge in [-0.2, -0.15) is 0 Å². The van der Waals surface area contributed by atoms with Crippen LogP contribution in [0.1, 0.15) is 10.4 Å². The fourth-order valence-electron chi connectivity index (χ4n) is 3.73. The topological polar surface area (TPSA) is 153 Å². The minimum atomic E-state index is -4.21. The quantitative estimate of drug-likeness (QED) is 0.178. The van der Waals surface area contributed by atoms with Crippen LogP contribution in [0, 0.1) is 0 Å². The van der Waals surface area contributed by atoms with Crippen molar-refractivity contribution in [1.29, 1.82) is 0 Å². The summed E-state index contributed by atoms with van der Waals surface area (Å²) < 4.78 is 51.6. The van der Waals surface area contributed by atoms with Gasteiger partial charge < -0.3 is 34.5 Å². The summed E-state index contributed by atoms with van der Waals surface area (Å²) in [6.45, 7) is -0.962. The molecule has 0 bridgehead atoms. The number of hydrogen-bond acceptors (Lipinski definition) is 9. The molecule has 4 rings (SSSR count). The van der Waals surface area contributed by atoms with Gasteiger partial charge >= 0.3 is 0 Å². The number of nitrogens with one attached hydrogen (secondary N) is 2. The van der Waals surface area contributed by atoms with E-state index in [1.165, 1.54) is 50.6 Å². The summed E-state index contributed by atoms with van der Waals surface area (Å²) in [4.78, 5) is 13.2. The van der Waals surface area contributed by atoms with Crippen molar-refractivity contribution in [3.63, 3.8) is 0 Å². The molecule has 0 heterocycles. The predicted molar refractivity (Wildman–Crippen MR) is 156 cm³/mol. The lowest BCUT2D eigenvalue weighted by Crippen LogP contribution is -2.22. The number of benzene rings is 4. The van der Waals surface area contributed by atoms with Crippen LogP contribution in [0.5, 0.6) is 28.7 Å². The van der Waals surface area contributed by atoms with Crippen LogP contribution < -0.4 is 29.0 Å². The molecule has 0 saturated carbocycles. The molecule has 1 atom stereocenters. The zero-order valence-corrected chi connectivity index (χ0v) is 23.6. The van der Waals surface area contributed by atoms with Crippen LogP contribution in [0.3, 0.4) is 0 Å². The van der Waals surface area contributed by atoms with Crippen LogP contribution in [0.25, 0.3) is 0 Å². The van der Waals surface area contributed by atoms with Gasteiger partial charge in [-0.15, -0.1) is 0 Å². The molecule has 0 aliphatic heterocycles. The Morgan fingerprint density at radius 3 is 2.21 bits per heavy atom. The standard InChI is InChI=1S/C30H30N2O9S/c1-38-23-11-13-26(14-12-23)42(36,37)32-27-15-20(30(35)31-21-7-4-3-5-8-21)16-28(40-19-22(34)18-33)29(27)41-25-10-6-9-24(17-25)39-2/h3-17,22,32-34H,18-19H2,1-2H3,(H,31,35). The molecule has 0 fully saturated rings. The summed E-state index contributed by atoms with van der Waals surface area (Å²) in [5.41, 5.74) is 0.415. The van der Waals surface area contributed by atoms with Crippen LogP contribution in [-0.4, -0.2) is 58.1 Å². The van der Waals surface area contributed by atoms with E-state index in [1.807, 2.05) is 0 Å². The number of rotatable bonds is 13. The highest BCUT2D eigenvalue weighted by molar-refractivity contribution is 7.92. The molecule has 1 unspecified atom stereocenters. The number of aliphatic hydroxyl groups excluding tert-OH is 2.